The Morgan fingerprint density at radius 1 is 1.12 bits per heavy atom. The van der Waals surface area contributed by atoms with Gasteiger partial charge in [0.2, 0.25) is 0 Å². The van der Waals surface area contributed by atoms with Gasteiger partial charge in [-0.3, -0.25) is 4.79 Å². The van der Waals surface area contributed by atoms with Gasteiger partial charge in [0.15, 0.2) is 6.10 Å². The number of H-pyrrole nitrogens is 1. The molecule has 1 aliphatic carbocycles. The largest absolute Gasteiger partial charge is 0.449 e. The quantitative estimate of drug-likeness (QED) is 0.873. The van der Waals surface area contributed by atoms with Crippen LogP contribution in [-0.4, -0.2) is 41.0 Å². The van der Waals surface area contributed by atoms with Crippen LogP contribution in [0.25, 0.3) is 10.9 Å². The molecule has 0 saturated carbocycles. The van der Waals surface area contributed by atoms with Crippen LogP contribution >= 0.6 is 0 Å². The van der Waals surface area contributed by atoms with Crippen LogP contribution in [0.2, 0.25) is 0 Å². The first kappa shape index (κ1) is 16.2. The van der Waals surface area contributed by atoms with Crippen molar-refractivity contribution in [2.75, 3.05) is 13.1 Å². The zero-order valence-electron chi connectivity index (χ0n) is 14.6. The van der Waals surface area contributed by atoms with Gasteiger partial charge in [0, 0.05) is 29.7 Å². The van der Waals surface area contributed by atoms with Gasteiger partial charge in [-0.2, -0.15) is 0 Å². The summed E-state index contributed by atoms with van der Waals surface area (Å²) in [4.78, 5) is 30.1. The molecule has 1 aliphatic heterocycles. The van der Waals surface area contributed by atoms with Crippen molar-refractivity contribution in [1.29, 1.82) is 0 Å². The number of hydrogen-bond acceptors (Lipinski definition) is 3. The zero-order chi connectivity index (χ0) is 17.4. The molecule has 0 bridgehead atoms. The molecule has 1 fully saturated rings. The molecule has 1 aromatic heterocycles. The SMILES string of the molecule is C[C@H](OC(=O)c1ccc2[nH]c3c(c2c1)CCCC3)C(=O)N1CCCC1. The van der Waals surface area contributed by atoms with Gasteiger partial charge in [0.05, 0.1) is 5.56 Å². The van der Waals surface area contributed by atoms with Crippen LogP contribution in [0.15, 0.2) is 18.2 Å². The Hall–Kier alpha value is -2.30. The number of nitrogens with zero attached hydrogens (tertiary/aromatic N) is 1. The summed E-state index contributed by atoms with van der Waals surface area (Å²) < 4.78 is 5.44. The molecule has 132 valence electrons. The molecule has 0 spiro atoms. The minimum Gasteiger partial charge on any atom is -0.449 e. The van der Waals surface area contributed by atoms with Crippen molar-refractivity contribution in [3.05, 3.63) is 35.0 Å². The van der Waals surface area contributed by atoms with E-state index < -0.39 is 12.1 Å². The number of esters is 1. The van der Waals surface area contributed by atoms with Crippen molar-refractivity contribution in [1.82, 2.24) is 9.88 Å². The summed E-state index contributed by atoms with van der Waals surface area (Å²) in [6.07, 6.45) is 5.86. The van der Waals surface area contributed by atoms with Gasteiger partial charge >= 0.3 is 5.97 Å². The number of carbonyl (C=O) groups excluding carboxylic acids is 2. The van der Waals surface area contributed by atoms with E-state index in [1.54, 1.807) is 17.9 Å². The highest BCUT2D eigenvalue weighted by atomic mass is 16.5. The average Bonchev–Trinajstić information content (AvgIpc) is 3.28. The highest BCUT2D eigenvalue weighted by Gasteiger charge is 2.26. The second kappa shape index (κ2) is 6.54. The summed E-state index contributed by atoms with van der Waals surface area (Å²) in [5.41, 5.74) is 4.21. The van der Waals surface area contributed by atoms with Crippen molar-refractivity contribution in [3.63, 3.8) is 0 Å². The highest BCUT2D eigenvalue weighted by molar-refractivity contribution is 5.97. The van der Waals surface area contributed by atoms with E-state index in [2.05, 4.69) is 4.98 Å². The lowest BCUT2D eigenvalue weighted by molar-refractivity contribution is -0.138. The van der Waals surface area contributed by atoms with Crippen LogP contribution in [-0.2, 0) is 22.4 Å². The van der Waals surface area contributed by atoms with Crippen molar-refractivity contribution >= 4 is 22.8 Å². The molecular formula is C20H24N2O3. The van der Waals surface area contributed by atoms with Gasteiger partial charge in [0.25, 0.3) is 5.91 Å². The fourth-order valence-electron chi connectivity index (χ4n) is 4.01. The fraction of sp³-hybridized carbons (Fsp3) is 0.500. The smallest absolute Gasteiger partial charge is 0.338 e. The molecule has 1 amide bonds. The zero-order valence-corrected chi connectivity index (χ0v) is 14.6. The topological polar surface area (TPSA) is 62.4 Å². The molecule has 1 aromatic carbocycles. The first-order valence-electron chi connectivity index (χ1n) is 9.27. The van der Waals surface area contributed by atoms with Crippen LogP contribution in [0.4, 0.5) is 0 Å². The molecule has 2 aliphatic rings. The molecule has 2 heterocycles. The maximum absolute atomic E-state index is 12.5. The number of fused-ring (bicyclic) bond motifs is 3. The number of aromatic nitrogens is 1. The van der Waals surface area contributed by atoms with Crippen LogP contribution in [0.5, 0.6) is 0 Å². The molecule has 25 heavy (non-hydrogen) atoms. The number of aryl methyl sites for hydroxylation is 2. The third-order valence-electron chi connectivity index (χ3n) is 5.38. The molecule has 1 saturated heterocycles. The third kappa shape index (κ3) is 3.03. The van der Waals surface area contributed by atoms with Gasteiger partial charge in [-0.25, -0.2) is 4.79 Å². The molecule has 0 unspecified atom stereocenters. The summed E-state index contributed by atoms with van der Waals surface area (Å²) in [6, 6.07) is 5.63. The van der Waals surface area contributed by atoms with E-state index in [9.17, 15) is 9.59 Å². The number of benzene rings is 1. The van der Waals surface area contributed by atoms with Crippen molar-refractivity contribution in [3.8, 4) is 0 Å². The van der Waals surface area contributed by atoms with Crippen molar-refractivity contribution < 1.29 is 14.3 Å². The van der Waals surface area contributed by atoms with Gasteiger partial charge < -0.3 is 14.6 Å². The Labute approximate surface area is 147 Å². The van der Waals surface area contributed by atoms with E-state index in [0.29, 0.717) is 5.56 Å². The van der Waals surface area contributed by atoms with Crippen molar-refractivity contribution in [2.24, 2.45) is 0 Å². The molecule has 0 radical (unpaired) electrons. The van der Waals surface area contributed by atoms with Crippen LogP contribution in [0, 0.1) is 0 Å². The van der Waals surface area contributed by atoms with E-state index in [1.807, 2.05) is 12.1 Å². The number of carbonyl (C=O) groups is 2. The molecule has 5 nitrogen and oxygen atoms in total. The third-order valence-corrected chi connectivity index (χ3v) is 5.38. The maximum atomic E-state index is 12.5. The number of hydrogen-bond donors (Lipinski definition) is 1. The Morgan fingerprint density at radius 2 is 1.88 bits per heavy atom. The maximum Gasteiger partial charge on any atom is 0.338 e. The molecular weight excluding hydrogens is 316 g/mol. The van der Waals surface area contributed by atoms with Gasteiger partial charge in [-0.15, -0.1) is 0 Å². The summed E-state index contributed by atoms with van der Waals surface area (Å²) in [5, 5.41) is 1.11. The Morgan fingerprint density at radius 3 is 2.68 bits per heavy atom. The van der Waals surface area contributed by atoms with E-state index >= 15 is 0 Å². The Kier molecular flexibility index (Phi) is 4.24. The molecule has 4 rings (SSSR count). The second-order valence-corrected chi connectivity index (χ2v) is 7.13. The van der Waals surface area contributed by atoms with Gasteiger partial charge in [0.1, 0.15) is 0 Å². The summed E-state index contributed by atoms with van der Waals surface area (Å²) >= 11 is 0. The monoisotopic (exact) mass is 340 g/mol. The minimum atomic E-state index is -0.735. The fourth-order valence-corrected chi connectivity index (χ4v) is 4.01. The predicted octanol–water partition coefficient (Wildman–Crippen LogP) is 3.21. The Balaban J connectivity index is 1.52. The number of aromatic amines is 1. The summed E-state index contributed by atoms with van der Waals surface area (Å²) in [5.74, 6) is -0.515. The lowest BCUT2D eigenvalue weighted by atomic mass is 9.95. The molecule has 1 atom stereocenters. The van der Waals surface area contributed by atoms with Gasteiger partial charge in [-0.1, -0.05) is 0 Å². The van der Waals surface area contributed by atoms with Crippen LogP contribution in [0.1, 0.15) is 54.2 Å². The first-order chi connectivity index (χ1) is 12.1. The number of ether oxygens (including phenoxy) is 1. The van der Waals surface area contributed by atoms with E-state index in [1.165, 1.54) is 24.1 Å². The Bertz CT molecular complexity index is 818. The molecule has 5 heteroatoms. The number of amides is 1. The van der Waals surface area contributed by atoms with E-state index in [4.69, 9.17) is 4.74 Å². The minimum absolute atomic E-state index is 0.0917. The van der Waals surface area contributed by atoms with Crippen LogP contribution in [0.3, 0.4) is 0 Å². The lowest BCUT2D eigenvalue weighted by Gasteiger charge is -2.20. The van der Waals surface area contributed by atoms with Gasteiger partial charge in [-0.05, 0) is 69.2 Å². The predicted molar refractivity (Wildman–Crippen MR) is 95.6 cm³/mol. The molecule has 1 N–H and O–H groups in total. The first-order valence-corrected chi connectivity index (χ1v) is 9.27. The lowest BCUT2D eigenvalue weighted by Crippen LogP contribution is -2.38. The highest BCUT2D eigenvalue weighted by Crippen LogP contribution is 2.30. The standard InChI is InChI=1S/C20H24N2O3/c1-13(19(23)22-10-4-5-11-22)25-20(24)14-8-9-18-16(12-14)15-6-2-3-7-17(15)21-18/h8-9,12-13,21H,2-7,10-11H2,1H3/t13-/m0/s1. The van der Waals surface area contributed by atoms with Crippen molar-refractivity contribution in [2.45, 2.75) is 51.6 Å². The van der Waals surface area contributed by atoms with Crippen LogP contribution < -0.4 is 0 Å². The normalized spacial score (nSPS) is 18.2. The van der Waals surface area contributed by atoms with E-state index in [-0.39, 0.29) is 5.91 Å². The number of likely N-dealkylation sites (tertiary alicyclic amines) is 1. The molecule has 2 aromatic rings. The van der Waals surface area contributed by atoms with E-state index in [0.717, 1.165) is 49.7 Å². The summed E-state index contributed by atoms with van der Waals surface area (Å²) in [7, 11) is 0. The summed E-state index contributed by atoms with van der Waals surface area (Å²) in [6.45, 7) is 3.19. The number of nitrogens with one attached hydrogen (secondary N) is 1. The second-order valence-electron chi connectivity index (χ2n) is 7.13. The average molecular weight is 340 g/mol. The number of rotatable bonds is 3.